The third-order valence-electron chi connectivity index (χ3n) is 3.34. The van der Waals surface area contributed by atoms with Crippen molar-refractivity contribution >= 4 is 11.9 Å². The van der Waals surface area contributed by atoms with E-state index < -0.39 is 0 Å². The largest absolute Gasteiger partial charge is 0.344 e. The van der Waals surface area contributed by atoms with E-state index >= 15 is 0 Å². The van der Waals surface area contributed by atoms with Gasteiger partial charge in [0.1, 0.15) is 0 Å². The number of piperidine rings is 1. The molecule has 6 nitrogen and oxygen atoms in total. The van der Waals surface area contributed by atoms with Crippen LogP contribution in [0.2, 0.25) is 0 Å². The lowest BCUT2D eigenvalue weighted by molar-refractivity contribution is -0.132. The number of nitrogens with zero attached hydrogens (tertiary/aromatic N) is 3. The molecule has 2 aliphatic rings. The van der Waals surface area contributed by atoms with Gasteiger partial charge >= 0.3 is 6.01 Å². The fourth-order valence-electron chi connectivity index (χ4n) is 2.11. The highest BCUT2D eigenvalue weighted by molar-refractivity contribution is 5.76. The summed E-state index contributed by atoms with van der Waals surface area (Å²) in [5.41, 5.74) is 0. The Balaban J connectivity index is 1.60. The van der Waals surface area contributed by atoms with E-state index in [1.807, 2.05) is 7.05 Å². The highest BCUT2D eigenvalue weighted by atomic mass is 16.5. The molecule has 1 N–H and O–H groups in total. The second-order valence-electron chi connectivity index (χ2n) is 4.89. The van der Waals surface area contributed by atoms with E-state index in [9.17, 15) is 4.79 Å². The van der Waals surface area contributed by atoms with Crippen LogP contribution < -0.4 is 5.32 Å². The van der Waals surface area contributed by atoms with Gasteiger partial charge in [-0.25, -0.2) is 0 Å². The van der Waals surface area contributed by atoms with E-state index in [-0.39, 0.29) is 11.9 Å². The molecule has 0 spiro atoms. The van der Waals surface area contributed by atoms with Gasteiger partial charge in [-0.05, 0) is 19.3 Å². The Morgan fingerprint density at radius 3 is 2.94 bits per heavy atom. The number of nitrogens with one attached hydrogen (secondary N) is 1. The summed E-state index contributed by atoms with van der Waals surface area (Å²) < 4.78 is 5.16. The maximum atomic E-state index is 11.3. The van der Waals surface area contributed by atoms with Gasteiger partial charge in [-0.3, -0.25) is 4.79 Å². The van der Waals surface area contributed by atoms with Gasteiger partial charge in [0.15, 0.2) is 5.82 Å². The molecule has 0 bridgehead atoms. The van der Waals surface area contributed by atoms with Crippen LogP contribution in [0.15, 0.2) is 4.52 Å². The molecule has 6 heteroatoms. The molecule has 1 aromatic heterocycles. The number of likely N-dealkylation sites (N-methyl/N-ethyl adjacent to an activating group) is 1. The van der Waals surface area contributed by atoms with E-state index in [4.69, 9.17) is 4.52 Å². The molecule has 3 rings (SSSR count). The van der Waals surface area contributed by atoms with Crippen LogP contribution in [0.25, 0.3) is 0 Å². The van der Waals surface area contributed by atoms with Gasteiger partial charge in [-0.1, -0.05) is 5.16 Å². The minimum Gasteiger partial charge on any atom is -0.344 e. The lowest BCUT2D eigenvalue weighted by Crippen LogP contribution is -2.43. The number of hydrogen-bond acceptors (Lipinski definition) is 5. The highest BCUT2D eigenvalue weighted by Crippen LogP contribution is 2.38. The van der Waals surface area contributed by atoms with Crippen molar-refractivity contribution in [2.45, 2.75) is 37.6 Å². The number of aromatic nitrogens is 2. The fraction of sp³-hybridized carbons (Fsp3) is 0.727. The number of anilines is 1. The monoisotopic (exact) mass is 236 g/mol. The SMILES string of the molecule is CN1C[C@@H](Nc2nc(C3CC3)no2)CCC1=O. The first-order valence-electron chi connectivity index (χ1n) is 6.06. The molecular formula is C11H16N4O2. The Morgan fingerprint density at radius 2 is 2.24 bits per heavy atom. The molecule has 1 aromatic rings. The van der Waals surface area contributed by atoms with Crippen molar-refractivity contribution in [3.05, 3.63) is 5.82 Å². The second-order valence-corrected chi connectivity index (χ2v) is 4.89. The van der Waals surface area contributed by atoms with Crippen molar-refractivity contribution < 1.29 is 9.32 Å². The Kier molecular flexibility index (Phi) is 2.49. The number of hydrogen-bond donors (Lipinski definition) is 1. The first kappa shape index (κ1) is 10.6. The molecule has 0 radical (unpaired) electrons. The van der Waals surface area contributed by atoms with E-state index in [0.29, 0.717) is 24.9 Å². The van der Waals surface area contributed by atoms with Gasteiger partial charge in [-0.2, -0.15) is 4.98 Å². The zero-order valence-corrected chi connectivity index (χ0v) is 9.85. The summed E-state index contributed by atoms with van der Waals surface area (Å²) in [4.78, 5) is 17.4. The molecule has 1 aliphatic carbocycles. The lowest BCUT2D eigenvalue weighted by Gasteiger charge is -2.29. The minimum atomic E-state index is 0.201. The molecule has 1 atom stereocenters. The van der Waals surface area contributed by atoms with Crippen molar-refractivity contribution in [1.82, 2.24) is 15.0 Å². The number of carbonyl (C=O) groups excluding carboxylic acids is 1. The van der Waals surface area contributed by atoms with E-state index in [1.54, 1.807) is 4.90 Å². The molecule has 2 heterocycles. The fourth-order valence-corrected chi connectivity index (χ4v) is 2.11. The van der Waals surface area contributed by atoms with Gasteiger partial charge < -0.3 is 14.7 Å². The topological polar surface area (TPSA) is 71.3 Å². The molecular weight excluding hydrogens is 220 g/mol. The van der Waals surface area contributed by atoms with Gasteiger partial charge in [0.25, 0.3) is 0 Å². The van der Waals surface area contributed by atoms with Crippen LogP contribution >= 0.6 is 0 Å². The number of amides is 1. The van der Waals surface area contributed by atoms with Crippen molar-refractivity contribution in [2.75, 3.05) is 18.9 Å². The Morgan fingerprint density at radius 1 is 1.41 bits per heavy atom. The van der Waals surface area contributed by atoms with Gasteiger partial charge in [0.05, 0.1) is 0 Å². The lowest BCUT2D eigenvalue weighted by atomic mass is 10.1. The summed E-state index contributed by atoms with van der Waals surface area (Å²) in [5.74, 6) is 1.52. The van der Waals surface area contributed by atoms with E-state index in [0.717, 1.165) is 12.2 Å². The molecule has 2 fully saturated rings. The van der Waals surface area contributed by atoms with Gasteiger partial charge in [0.2, 0.25) is 5.91 Å². The number of rotatable bonds is 3. The van der Waals surface area contributed by atoms with Gasteiger partial charge in [0, 0.05) is 32.0 Å². The third kappa shape index (κ3) is 2.25. The Hall–Kier alpha value is -1.59. The summed E-state index contributed by atoms with van der Waals surface area (Å²) in [6, 6.07) is 0.699. The normalized spacial score (nSPS) is 25.1. The van der Waals surface area contributed by atoms with Crippen LogP contribution in [0.1, 0.15) is 37.4 Å². The summed E-state index contributed by atoms with van der Waals surface area (Å²) in [6.07, 6.45) is 3.74. The summed E-state index contributed by atoms with van der Waals surface area (Å²) in [7, 11) is 1.82. The zero-order chi connectivity index (χ0) is 11.8. The van der Waals surface area contributed by atoms with Crippen molar-refractivity contribution in [3.8, 4) is 0 Å². The van der Waals surface area contributed by atoms with Crippen molar-refractivity contribution in [2.24, 2.45) is 0 Å². The summed E-state index contributed by atoms with van der Waals surface area (Å²) >= 11 is 0. The highest BCUT2D eigenvalue weighted by Gasteiger charge is 2.29. The van der Waals surface area contributed by atoms with Crippen LogP contribution in [-0.2, 0) is 4.79 Å². The molecule has 1 amide bonds. The average molecular weight is 236 g/mol. The number of likely N-dealkylation sites (tertiary alicyclic amines) is 1. The van der Waals surface area contributed by atoms with Crippen LogP contribution in [0.4, 0.5) is 6.01 Å². The van der Waals surface area contributed by atoms with Crippen LogP contribution in [0, 0.1) is 0 Å². The van der Waals surface area contributed by atoms with E-state index in [1.165, 1.54) is 12.8 Å². The number of carbonyl (C=O) groups is 1. The summed E-state index contributed by atoms with van der Waals surface area (Å²) in [5, 5.41) is 7.15. The predicted octanol–water partition coefficient (Wildman–Crippen LogP) is 0.980. The zero-order valence-electron chi connectivity index (χ0n) is 9.85. The molecule has 17 heavy (non-hydrogen) atoms. The van der Waals surface area contributed by atoms with Crippen molar-refractivity contribution in [1.29, 1.82) is 0 Å². The van der Waals surface area contributed by atoms with Crippen LogP contribution in [0.3, 0.4) is 0 Å². The maximum absolute atomic E-state index is 11.3. The molecule has 0 aromatic carbocycles. The first-order valence-corrected chi connectivity index (χ1v) is 6.06. The van der Waals surface area contributed by atoms with E-state index in [2.05, 4.69) is 15.5 Å². The maximum Gasteiger partial charge on any atom is 0.321 e. The van der Waals surface area contributed by atoms with Gasteiger partial charge in [-0.15, -0.1) is 0 Å². The molecule has 0 unspecified atom stereocenters. The van der Waals surface area contributed by atoms with Crippen LogP contribution in [0.5, 0.6) is 0 Å². The predicted molar refractivity (Wildman–Crippen MR) is 60.6 cm³/mol. The summed E-state index contributed by atoms with van der Waals surface area (Å²) in [6.45, 7) is 0.694. The Bertz CT molecular complexity index is 427. The minimum absolute atomic E-state index is 0.201. The van der Waals surface area contributed by atoms with Crippen molar-refractivity contribution in [3.63, 3.8) is 0 Å². The standard InChI is InChI=1S/C11H16N4O2/c1-15-6-8(4-5-9(15)16)12-11-13-10(14-17-11)7-2-3-7/h7-8H,2-6H2,1H3,(H,12,13,14)/t8-/m0/s1. The molecule has 1 aliphatic heterocycles. The Labute approximate surface area is 99.4 Å². The molecule has 1 saturated carbocycles. The molecule has 92 valence electrons. The molecule has 1 saturated heterocycles. The average Bonchev–Trinajstić information content (AvgIpc) is 3.06. The third-order valence-corrected chi connectivity index (χ3v) is 3.34. The first-order chi connectivity index (χ1) is 8.22. The second kappa shape index (κ2) is 4.01. The van der Waals surface area contributed by atoms with Crippen LogP contribution in [-0.4, -0.2) is 40.6 Å². The quantitative estimate of drug-likeness (QED) is 0.847. The smallest absolute Gasteiger partial charge is 0.321 e.